The molecule has 27 heavy (non-hydrogen) atoms. The van der Waals surface area contributed by atoms with Gasteiger partial charge in [-0.05, 0) is 0 Å². The zero-order valence-corrected chi connectivity index (χ0v) is 17.6. The quantitative estimate of drug-likeness (QED) is 0.404. The molecule has 0 amide bonds. The first kappa shape index (κ1) is 19.2. The topological polar surface area (TPSA) is 44.8 Å². The normalized spacial score (nSPS) is 32.0. The van der Waals surface area contributed by atoms with E-state index >= 15 is 0 Å². The number of carbonyl (C=O) groups excluding carboxylic acids is 1. The van der Waals surface area contributed by atoms with Gasteiger partial charge in [0.15, 0.2) is 0 Å². The molecule has 3 atom stereocenters. The van der Waals surface area contributed by atoms with Crippen LogP contribution >= 0.6 is 0 Å². The van der Waals surface area contributed by atoms with Gasteiger partial charge in [0.2, 0.25) is 0 Å². The first-order chi connectivity index (χ1) is 13.2. The van der Waals surface area contributed by atoms with Crippen molar-refractivity contribution < 1.29 is 19.0 Å². The summed E-state index contributed by atoms with van der Waals surface area (Å²) in [6.07, 6.45) is 10.5. The zero-order valence-electron chi connectivity index (χ0n) is 15.9. The van der Waals surface area contributed by atoms with Gasteiger partial charge in [-0.25, -0.2) is 0 Å². The summed E-state index contributed by atoms with van der Waals surface area (Å²) in [6.45, 7) is 2.86. The summed E-state index contributed by atoms with van der Waals surface area (Å²) in [6, 6.07) is 10.3. The van der Waals surface area contributed by atoms with Crippen LogP contribution in [0.1, 0.15) is 45.4 Å². The van der Waals surface area contributed by atoms with E-state index in [-0.39, 0.29) is 32.9 Å². The van der Waals surface area contributed by atoms with Gasteiger partial charge >= 0.3 is 168 Å². The Morgan fingerprint density at radius 3 is 2.74 bits per heavy atom. The SMILES string of the molecule is CCOC(=O)[C@]1([Se]c2ccccc2)CC=C[C@@H]1[C@H]1COC2(CCCCC2)O1. The van der Waals surface area contributed by atoms with Crippen molar-refractivity contribution in [3.63, 3.8) is 0 Å². The Morgan fingerprint density at radius 2 is 2.00 bits per heavy atom. The Kier molecular flexibility index (Phi) is 5.75. The third kappa shape index (κ3) is 3.75. The molecule has 146 valence electrons. The third-order valence-corrected chi connectivity index (χ3v) is 8.96. The molecule has 0 aromatic heterocycles. The Hall–Kier alpha value is -1.13. The summed E-state index contributed by atoms with van der Waals surface area (Å²) in [5.41, 5.74) is 0. The van der Waals surface area contributed by atoms with Gasteiger partial charge in [-0.3, -0.25) is 0 Å². The van der Waals surface area contributed by atoms with Crippen LogP contribution in [0.15, 0.2) is 42.5 Å². The molecule has 0 N–H and O–H groups in total. The molecule has 3 aliphatic rings. The fraction of sp³-hybridized carbons (Fsp3) is 0.591. The number of carbonyl (C=O) groups is 1. The predicted molar refractivity (Wildman–Crippen MR) is 105 cm³/mol. The number of allylic oxidation sites excluding steroid dienone is 1. The first-order valence-electron chi connectivity index (χ1n) is 10.1. The molecular formula is C22H28O4Se. The van der Waals surface area contributed by atoms with E-state index in [0.29, 0.717) is 13.2 Å². The molecule has 0 unspecified atom stereocenters. The van der Waals surface area contributed by atoms with E-state index in [1.165, 1.54) is 10.9 Å². The standard InChI is InChI=1S/C22H28O4Se/c1-2-24-20(23)22(27-17-10-5-3-6-11-17)15-9-12-18(22)19-16-25-21(26-19)13-7-4-8-14-21/h3,5-6,9-12,18-19H,2,4,7-8,13-16H2,1H3/t18-,19-,22+/m1/s1. The van der Waals surface area contributed by atoms with Gasteiger partial charge in [-0.15, -0.1) is 0 Å². The Bertz CT molecular complexity index is 683. The van der Waals surface area contributed by atoms with Gasteiger partial charge in [0.05, 0.1) is 0 Å². The van der Waals surface area contributed by atoms with Crippen LogP contribution in [-0.4, -0.2) is 46.0 Å². The molecule has 2 aliphatic carbocycles. The monoisotopic (exact) mass is 436 g/mol. The molecule has 4 rings (SSSR count). The molecule has 0 radical (unpaired) electrons. The van der Waals surface area contributed by atoms with Crippen molar-refractivity contribution in [2.45, 2.75) is 61.7 Å². The van der Waals surface area contributed by atoms with Crippen LogP contribution in [0.4, 0.5) is 0 Å². The van der Waals surface area contributed by atoms with E-state index < -0.39 is 10.1 Å². The van der Waals surface area contributed by atoms with Crippen molar-refractivity contribution in [1.29, 1.82) is 0 Å². The minimum atomic E-state index is -0.543. The summed E-state index contributed by atoms with van der Waals surface area (Å²) in [7, 11) is 0. The maximum absolute atomic E-state index is 13.2. The van der Waals surface area contributed by atoms with Gasteiger partial charge in [0.25, 0.3) is 0 Å². The van der Waals surface area contributed by atoms with Crippen molar-refractivity contribution in [1.82, 2.24) is 0 Å². The van der Waals surface area contributed by atoms with E-state index in [2.05, 4.69) is 24.3 Å². The molecule has 1 heterocycles. The number of hydrogen-bond donors (Lipinski definition) is 0. The summed E-state index contributed by atoms with van der Waals surface area (Å²) < 4.78 is 19.0. The predicted octanol–water partition coefficient (Wildman–Crippen LogP) is 3.39. The number of esters is 1. The van der Waals surface area contributed by atoms with Crippen molar-refractivity contribution in [3.8, 4) is 0 Å². The van der Waals surface area contributed by atoms with Crippen molar-refractivity contribution in [2.75, 3.05) is 13.2 Å². The van der Waals surface area contributed by atoms with Crippen molar-refractivity contribution in [3.05, 3.63) is 42.5 Å². The van der Waals surface area contributed by atoms with Crippen LogP contribution in [0, 0.1) is 5.92 Å². The molecule has 1 aromatic rings. The number of ether oxygens (including phenoxy) is 3. The number of hydrogen-bond acceptors (Lipinski definition) is 4. The van der Waals surface area contributed by atoms with Crippen LogP contribution < -0.4 is 4.46 Å². The molecular weight excluding hydrogens is 407 g/mol. The molecule has 1 saturated heterocycles. The minimum absolute atomic E-state index is 0.0121. The van der Waals surface area contributed by atoms with Crippen LogP contribution in [-0.2, 0) is 19.0 Å². The fourth-order valence-corrected chi connectivity index (χ4v) is 7.48. The van der Waals surface area contributed by atoms with E-state index in [1.54, 1.807) is 0 Å². The summed E-state index contributed by atoms with van der Waals surface area (Å²) in [5, 5.41) is 0. The molecule has 1 aromatic carbocycles. The second-order valence-electron chi connectivity index (χ2n) is 7.62. The summed E-state index contributed by atoms with van der Waals surface area (Å²) >= 11 is -0.0413. The van der Waals surface area contributed by atoms with Crippen LogP contribution in [0.5, 0.6) is 0 Å². The van der Waals surface area contributed by atoms with E-state index in [4.69, 9.17) is 14.2 Å². The third-order valence-electron chi connectivity index (χ3n) is 5.86. The zero-order chi connectivity index (χ0) is 18.7. The Balaban J connectivity index is 1.59. The van der Waals surface area contributed by atoms with Gasteiger partial charge in [-0.2, -0.15) is 0 Å². The van der Waals surface area contributed by atoms with Gasteiger partial charge < -0.3 is 0 Å². The molecule has 0 bridgehead atoms. The molecule has 1 saturated carbocycles. The Labute approximate surface area is 167 Å². The van der Waals surface area contributed by atoms with Crippen LogP contribution in [0.3, 0.4) is 0 Å². The first-order valence-corrected chi connectivity index (χ1v) is 11.8. The van der Waals surface area contributed by atoms with E-state index in [9.17, 15) is 4.79 Å². The van der Waals surface area contributed by atoms with Crippen molar-refractivity contribution in [2.24, 2.45) is 5.92 Å². The average Bonchev–Trinajstić information content (AvgIpc) is 3.29. The van der Waals surface area contributed by atoms with Crippen LogP contribution in [0.25, 0.3) is 0 Å². The molecule has 4 nitrogen and oxygen atoms in total. The fourth-order valence-electron chi connectivity index (χ4n) is 4.54. The second-order valence-corrected chi connectivity index (χ2v) is 10.6. The molecule has 2 fully saturated rings. The molecule has 1 spiro atoms. The number of rotatable bonds is 5. The number of benzene rings is 1. The maximum atomic E-state index is 13.2. The summed E-state index contributed by atoms with van der Waals surface area (Å²) in [4.78, 5) is 13.2. The van der Waals surface area contributed by atoms with E-state index in [0.717, 1.165) is 32.1 Å². The second kappa shape index (κ2) is 8.08. The Morgan fingerprint density at radius 1 is 1.22 bits per heavy atom. The van der Waals surface area contributed by atoms with Gasteiger partial charge in [-0.1, -0.05) is 0 Å². The van der Waals surface area contributed by atoms with E-state index in [1.807, 2.05) is 25.1 Å². The van der Waals surface area contributed by atoms with Gasteiger partial charge in [0, 0.05) is 0 Å². The summed E-state index contributed by atoms with van der Waals surface area (Å²) in [5.74, 6) is -0.491. The molecule has 1 aliphatic heterocycles. The molecule has 5 heteroatoms. The average molecular weight is 435 g/mol. The van der Waals surface area contributed by atoms with Crippen LogP contribution in [0.2, 0.25) is 4.31 Å². The van der Waals surface area contributed by atoms with Gasteiger partial charge in [0.1, 0.15) is 0 Å². The van der Waals surface area contributed by atoms with Crippen molar-refractivity contribution >= 4 is 25.4 Å².